The zero-order valence-electron chi connectivity index (χ0n) is 18.8. The molecule has 162 valence electrons. The third-order valence-corrected chi connectivity index (χ3v) is 7.66. The van der Waals surface area contributed by atoms with E-state index >= 15 is 0 Å². The molecule has 0 heterocycles. The molecule has 0 unspecified atom stereocenters. The minimum Gasteiger partial charge on any atom is -0.207 e. The summed E-state index contributed by atoms with van der Waals surface area (Å²) in [5.74, 6) is 3.45. The molecule has 0 aliphatic heterocycles. The highest BCUT2D eigenvalue weighted by Gasteiger charge is 2.22. The Hall–Kier alpha value is -1.11. The van der Waals surface area contributed by atoms with Crippen LogP contribution in [0.1, 0.15) is 102 Å². The number of hydrogen-bond acceptors (Lipinski definition) is 0. The molecule has 1 aromatic rings. The van der Waals surface area contributed by atoms with Gasteiger partial charge in [0.15, 0.2) is 0 Å². The van der Waals surface area contributed by atoms with Crippen molar-refractivity contribution >= 4 is 0 Å². The second-order valence-corrected chi connectivity index (χ2v) is 9.96. The Morgan fingerprint density at radius 3 is 1.83 bits per heavy atom. The smallest absolute Gasteiger partial charge is 0.123 e. The van der Waals surface area contributed by atoms with Gasteiger partial charge in [0, 0.05) is 0 Å². The van der Waals surface area contributed by atoms with Crippen molar-refractivity contribution in [3.63, 3.8) is 0 Å². The monoisotopic (exact) mass is 398 g/mol. The number of allylic oxidation sites excluding steroid dienone is 2. The maximum Gasteiger partial charge on any atom is 0.123 e. The first-order valence-corrected chi connectivity index (χ1v) is 12.7. The Balaban J connectivity index is 1.27. The Morgan fingerprint density at radius 1 is 0.724 bits per heavy atom. The van der Waals surface area contributed by atoms with Gasteiger partial charge in [-0.3, -0.25) is 0 Å². The Bertz CT molecular complexity index is 571. The first kappa shape index (κ1) is 22.6. The molecule has 0 saturated heterocycles. The van der Waals surface area contributed by atoms with E-state index in [1.54, 1.807) is 12.1 Å². The third-order valence-electron chi connectivity index (χ3n) is 7.66. The Morgan fingerprint density at radius 2 is 1.28 bits per heavy atom. The lowest BCUT2D eigenvalue weighted by Crippen LogP contribution is -2.15. The predicted octanol–water partition coefficient (Wildman–Crippen LogP) is 8.90. The SMILES string of the molecule is CCCCCCC1CCC(/C=C/C2CCC(CCc3ccc(F)cc3)CC2)CC1. The molecule has 0 N–H and O–H groups in total. The zero-order valence-corrected chi connectivity index (χ0v) is 18.8. The van der Waals surface area contributed by atoms with Crippen molar-refractivity contribution in [1.82, 2.24) is 0 Å². The minimum absolute atomic E-state index is 0.124. The molecule has 3 rings (SSSR count). The first-order chi connectivity index (χ1) is 14.2. The summed E-state index contributed by atoms with van der Waals surface area (Å²) in [6, 6.07) is 7.08. The van der Waals surface area contributed by atoms with Crippen LogP contribution in [0.15, 0.2) is 36.4 Å². The van der Waals surface area contributed by atoms with E-state index in [-0.39, 0.29) is 5.82 Å². The van der Waals surface area contributed by atoms with Crippen molar-refractivity contribution in [2.24, 2.45) is 23.7 Å². The molecular formula is C28H43F. The summed E-state index contributed by atoms with van der Waals surface area (Å²) >= 11 is 0. The Kier molecular flexibility index (Phi) is 9.77. The molecule has 1 aromatic carbocycles. The van der Waals surface area contributed by atoms with E-state index in [4.69, 9.17) is 0 Å². The second-order valence-electron chi connectivity index (χ2n) is 9.96. The quantitative estimate of drug-likeness (QED) is 0.272. The molecular weight excluding hydrogens is 355 g/mol. The van der Waals surface area contributed by atoms with E-state index in [9.17, 15) is 4.39 Å². The van der Waals surface area contributed by atoms with Crippen molar-refractivity contribution in [1.29, 1.82) is 0 Å². The molecule has 0 aromatic heterocycles. The van der Waals surface area contributed by atoms with Gasteiger partial charge in [-0.25, -0.2) is 4.39 Å². The van der Waals surface area contributed by atoms with Crippen molar-refractivity contribution in [3.8, 4) is 0 Å². The van der Waals surface area contributed by atoms with Gasteiger partial charge in [-0.05, 0) is 106 Å². The first-order valence-electron chi connectivity index (χ1n) is 12.7. The minimum atomic E-state index is -0.124. The van der Waals surface area contributed by atoms with Crippen LogP contribution in [0.2, 0.25) is 0 Å². The van der Waals surface area contributed by atoms with Crippen LogP contribution < -0.4 is 0 Å². The normalized spacial score (nSPS) is 28.1. The van der Waals surface area contributed by atoms with E-state index in [1.165, 1.54) is 95.5 Å². The van der Waals surface area contributed by atoms with Gasteiger partial charge in [-0.15, -0.1) is 0 Å². The molecule has 2 saturated carbocycles. The molecule has 0 nitrogen and oxygen atoms in total. The number of benzene rings is 1. The van der Waals surface area contributed by atoms with Gasteiger partial charge in [-0.1, -0.05) is 63.3 Å². The van der Waals surface area contributed by atoms with Gasteiger partial charge in [0.25, 0.3) is 0 Å². The highest BCUT2D eigenvalue weighted by Crippen LogP contribution is 2.35. The fourth-order valence-corrected chi connectivity index (χ4v) is 5.53. The fraction of sp³-hybridized carbons (Fsp3) is 0.714. The summed E-state index contributed by atoms with van der Waals surface area (Å²) in [5.41, 5.74) is 1.29. The van der Waals surface area contributed by atoms with Gasteiger partial charge in [-0.2, -0.15) is 0 Å². The molecule has 0 amide bonds. The molecule has 29 heavy (non-hydrogen) atoms. The highest BCUT2D eigenvalue weighted by atomic mass is 19.1. The lowest BCUT2D eigenvalue weighted by atomic mass is 9.77. The van der Waals surface area contributed by atoms with Gasteiger partial charge in [0.2, 0.25) is 0 Å². The second kappa shape index (κ2) is 12.6. The van der Waals surface area contributed by atoms with Crippen LogP contribution in [-0.2, 0) is 6.42 Å². The summed E-state index contributed by atoms with van der Waals surface area (Å²) in [5, 5.41) is 0. The topological polar surface area (TPSA) is 0 Å². The lowest BCUT2D eigenvalue weighted by molar-refractivity contribution is 0.282. The van der Waals surface area contributed by atoms with E-state index in [2.05, 4.69) is 19.1 Å². The van der Waals surface area contributed by atoms with E-state index in [1.807, 2.05) is 12.1 Å². The highest BCUT2D eigenvalue weighted by molar-refractivity contribution is 5.16. The van der Waals surface area contributed by atoms with Crippen LogP contribution in [0.3, 0.4) is 0 Å². The van der Waals surface area contributed by atoms with Crippen molar-refractivity contribution in [3.05, 3.63) is 47.8 Å². The number of aryl methyl sites for hydroxylation is 1. The molecule has 0 atom stereocenters. The van der Waals surface area contributed by atoms with Gasteiger partial charge < -0.3 is 0 Å². The van der Waals surface area contributed by atoms with Crippen LogP contribution in [0, 0.1) is 29.5 Å². The van der Waals surface area contributed by atoms with Crippen LogP contribution in [0.4, 0.5) is 4.39 Å². The molecule has 2 fully saturated rings. The average molecular weight is 399 g/mol. The predicted molar refractivity (Wildman–Crippen MR) is 124 cm³/mol. The molecule has 0 radical (unpaired) electrons. The van der Waals surface area contributed by atoms with Crippen LogP contribution in [0.5, 0.6) is 0 Å². The molecule has 0 bridgehead atoms. The van der Waals surface area contributed by atoms with E-state index in [0.29, 0.717) is 0 Å². The summed E-state index contributed by atoms with van der Waals surface area (Å²) in [4.78, 5) is 0. The lowest BCUT2D eigenvalue weighted by Gasteiger charge is -2.29. The van der Waals surface area contributed by atoms with Gasteiger partial charge in [0.05, 0.1) is 0 Å². The van der Waals surface area contributed by atoms with E-state index < -0.39 is 0 Å². The maximum absolute atomic E-state index is 13.0. The summed E-state index contributed by atoms with van der Waals surface area (Å²) in [6.07, 6.45) is 26.0. The summed E-state index contributed by atoms with van der Waals surface area (Å²) in [6.45, 7) is 2.30. The average Bonchev–Trinajstić information content (AvgIpc) is 2.76. The van der Waals surface area contributed by atoms with Crippen molar-refractivity contribution < 1.29 is 4.39 Å². The number of unbranched alkanes of at least 4 members (excludes halogenated alkanes) is 3. The van der Waals surface area contributed by atoms with Crippen LogP contribution in [-0.4, -0.2) is 0 Å². The fourth-order valence-electron chi connectivity index (χ4n) is 5.53. The maximum atomic E-state index is 13.0. The Labute approximate surface area is 179 Å². The zero-order chi connectivity index (χ0) is 20.3. The van der Waals surface area contributed by atoms with E-state index in [0.717, 1.165) is 30.1 Å². The number of hydrogen-bond donors (Lipinski definition) is 0. The summed E-state index contributed by atoms with van der Waals surface area (Å²) in [7, 11) is 0. The molecule has 1 heteroatoms. The molecule has 2 aliphatic rings. The van der Waals surface area contributed by atoms with Crippen LogP contribution >= 0.6 is 0 Å². The number of rotatable bonds is 10. The van der Waals surface area contributed by atoms with Gasteiger partial charge in [0.1, 0.15) is 5.82 Å². The van der Waals surface area contributed by atoms with Gasteiger partial charge >= 0.3 is 0 Å². The standard InChI is InChI=1S/C28H43F/c1-2-3-4-5-6-23-7-9-24(10-8-23)11-12-25-13-15-26(16-14-25)17-18-27-19-21-28(29)22-20-27/h11-12,19-26H,2-10,13-18H2,1H3/b12-11+. The van der Waals surface area contributed by atoms with Crippen molar-refractivity contribution in [2.75, 3.05) is 0 Å². The third kappa shape index (κ3) is 8.27. The number of halogens is 1. The van der Waals surface area contributed by atoms with Crippen molar-refractivity contribution in [2.45, 2.75) is 103 Å². The molecule has 2 aliphatic carbocycles. The largest absolute Gasteiger partial charge is 0.207 e. The molecule has 0 spiro atoms. The van der Waals surface area contributed by atoms with Crippen LogP contribution in [0.25, 0.3) is 0 Å². The summed E-state index contributed by atoms with van der Waals surface area (Å²) < 4.78 is 13.0.